The minimum atomic E-state index is -0.493. The van der Waals surface area contributed by atoms with Crippen molar-refractivity contribution in [1.29, 1.82) is 0 Å². The first kappa shape index (κ1) is 19.7. The molecule has 1 amide bonds. The smallest absolute Gasteiger partial charge is 0.325 e. The van der Waals surface area contributed by atoms with Crippen molar-refractivity contribution in [3.8, 4) is 0 Å². The van der Waals surface area contributed by atoms with Crippen molar-refractivity contribution in [2.24, 2.45) is 7.05 Å². The van der Waals surface area contributed by atoms with E-state index in [9.17, 15) is 9.59 Å². The van der Waals surface area contributed by atoms with Gasteiger partial charge in [-0.05, 0) is 31.6 Å². The molecule has 0 atom stereocenters. The lowest BCUT2D eigenvalue weighted by Gasteiger charge is -2.20. The Labute approximate surface area is 158 Å². The number of carbonyl (C=O) groups excluding carboxylic acids is 2. The van der Waals surface area contributed by atoms with Crippen LogP contribution in [0.3, 0.4) is 0 Å². The molecule has 1 heterocycles. The van der Waals surface area contributed by atoms with Gasteiger partial charge < -0.3 is 9.64 Å². The molecule has 0 bridgehead atoms. The molecule has 0 aliphatic heterocycles. The minimum Gasteiger partial charge on any atom is -0.468 e. The van der Waals surface area contributed by atoms with Gasteiger partial charge in [0.15, 0.2) is 0 Å². The van der Waals surface area contributed by atoms with E-state index in [2.05, 4.69) is 5.10 Å². The number of rotatable bonds is 6. The molecular weight excluding hydrogens is 354 g/mol. The number of aromatic nitrogens is 2. The van der Waals surface area contributed by atoms with Crippen LogP contribution in [-0.4, -0.2) is 40.2 Å². The number of aryl methyl sites for hydroxylation is 2. The van der Waals surface area contributed by atoms with E-state index in [4.69, 9.17) is 16.3 Å². The molecule has 6 nitrogen and oxygen atoms in total. The SMILES string of the molecule is COC(=O)CN(Cc1ccccc1Cl)C(=O)/C=C/c1c(C)nn(C)c1C. The average Bonchev–Trinajstić information content (AvgIpc) is 2.86. The maximum Gasteiger partial charge on any atom is 0.325 e. The van der Waals surface area contributed by atoms with Crippen LogP contribution in [0.4, 0.5) is 0 Å². The number of methoxy groups -OCH3 is 1. The Kier molecular flexibility index (Phi) is 6.58. The van der Waals surface area contributed by atoms with E-state index >= 15 is 0 Å². The molecule has 138 valence electrons. The van der Waals surface area contributed by atoms with Gasteiger partial charge in [0.2, 0.25) is 5.91 Å². The Balaban J connectivity index is 2.23. The molecule has 1 aromatic carbocycles. The van der Waals surface area contributed by atoms with Crippen molar-refractivity contribution in [3.05, 3.63) is 57.9 Å². The third-order valence-electron chi connectivity index (χ3n) is 4.14. The number of ether oxygens (including phenoxy) is 1. The summed E-state index contributed by atoms with van der Waals surface area (Å²) < 4.78 is 6.46. The van der Waals surface area contributed by atoms with Crippen LogP contribution in [0.15, 0.2) is 30.3 Å². The fraction of sp³-hybridized carbons (Fsp3) is 0.316. The lowest BCUT2D eigenvalue weighted by molar-refractivity contribution is -0.145. The molecule has 7 heteroatoms. The summed E-state index contributed by atoms with van der Waals surface area (Å²) in [6.07, 6.45) is 3.16. The van der Waals surface area contributed by atoms with Gasteiger partial charge in [-0.3, -0.25) is 14.3 Å². The van der Waals surface area contributed by atoms with Crippen LogP contribution in [-0.2, 0) is 27.9 Å². The van der Waals surface area contributed by atoms with Gasteiger partial charge in [0.25, 0.3) is 0 Å². The number of esters is 1. The third-order valence-corrected chi connectivity index (χ3v) is 4.50. The summed E-state index contributed by atoms with van der Waals surface area (Å²) >= 11 is 6.18. The fourth-order valence-electron chi connectivity index (χ4n) is 2.56. The van der Waals surface area contributed by atoms with Crippen molar-refractivity contribution in [2.75, 3.05) is 13.7 Å². The van der Waals surface area contributed by atoms with Crippen molar-refractivity contribution in [1.82, 2.24) is 14.7 Å². The number of benzene rings is 1. The first-order valence-electron chi connectivity index (χ1n) is 8.11. The predicted molar refractivity (Wildman–Crippen MR) is 101 cm³/mol. The van der Waals surface area contributed by atoms with Crippen LogP contribution < -0.4 is 0 Å². The monoisotopic (exact) mass is 375 g/mol. The summed E-state index contributed by atoms with van der Waals surface area (Å²) in [5.41, 5.74) is 3.43. The predicted octanol–water partition coefficient (Wildman–Crippen LogP) is 2.91. The lowest BCUT2D eigenvalue weighted by Crippen LogP contribution is -2.34. The molecule has 0 fully saturated rings. The Morgan fingerprint density at radius 2 is 2.00 bits per heavy atom. The zero-order valence-electron chi connectivity index (χ0n) is 15.3. The normalized spacial score (nSPS) is 11.0. The van der Waals surface area contributed by atoms with Gasteiger partial charge in [0.05, 0.1) is 12.8 Å². The Morgan fingerprint density at radius 3 is 2.58 bits per heavy atom. The molecule has 0 aliphatic rings. The Hall–Kier alpha value is -2.60. The summed E-state index contributed by atoms with van der Waals surface area (Å²) in [4.78, 5) is 25.8. The van der Waals surface area contributed by atoms with E-state index in [0.29, 0.717) is 5.02 Å². The highest BCUT2D eigenvalue weighted by atomic mass is 35.5. The number of nitrogens with zero attached hydrogens (tertiary/aromatic N) is 3. The first-order valence-corrected chi connectivity index (χ1v) is 8.48. The van der Waals surface area contributed by atoms with E-state index in [1.807, 2.05) is 39.1 Å². The number of amides is 1. The molecule has 0 saturated heterocycles. The quantitative estimate of drug-likeness (QED) is 0.575. The van der Waals surface area contributed by atoms with Gasteiger partial charge in [-0.25, -0.2) is 0 Å². The van der Waals surface area contributed by atoms with Crippen LogP contribution in [0.5, 0.6) is 0 Å². The zero-order valence-corrected chi connectivity index (χ0v) is 16.1. The van der Waals surface area contributed by atoms with Gasteiger partial charge in [0.1, 0.15) is 6.54 Å². The summed E-state index contributed by atoms with van der Waals surface area (Å²) in [6.45, 7) is 3.87. The molecule has 0 spiro atoms. The molecule has 26 heavy (non-hydrogen) atoms. The largest absolute Gasteiger partial charge is 0.468 e. The van der Waals surface area contributed by atoms with Crippen LogP contribution in [0.25, 0.3) is 6.08 Å². The zero-order chi connectivity index (χ0) is 19.3. The number of carbonyl (C=O) groups is 2. The number of hydrogen-bond donors (Lipinski definition) is 0. The Morgan fingerprint density at radius 1 is 1.31 bits per heavy atom. The summed E-state index contributed by atoms with van der Waals surface area (Å²) in [6, 6.07) is 7.21. The van der Waals surface area contributed by atoms with E-state index in [1.165, 1.54) is 18.1 Å². The second kappa shape index (κ2) is 8.67. The highest BCUT2D eigenvalue weighted by molar-refractivity contribution is 6.31. The van der Waals surface area contributed by atoms with Crippen LogP contribution in [0.1, 0.15) is 22.5 Å². The van der Waals surface area contributed by atoms with E-state index in [-0.39, 0.29) is 19.0 Å². The van der Waals surface area contributed by atoms with Gasteiger partial charge in [0, 0.05) is 35.9 Å². The number of hydrogen-bond acceptors (Lipinski definition) is 4. The maximum absolute atomic E-state index is 12.7. The summed E-state index contributed by atoms with van der Waals surface area (Å²) in [5, 5.41) is 4.86. The van der Waals surface area contributed by atoms with Crippen molar-refractivity contribution in [2.45, 2.75) is 20.4 Å². The highest BCUT2D eigenvalue weighted by Gasteiger charge is 2.17. The van der Waals surface area contributed by atoms with E-state index in [1.54, 1.807) is 16.8 Å². The van der Waals surface area contributed by atoms with Crippen molar-refractivity contribution < 1.29 is 14.3 Å². The van der Waals surface area contributed by atoms with Crippen LogP contribution >= 0.6 is 11.6 Å². The van der Waals surface area contributed by atoms with Crippen molar-refractivity contribution in [3.63, 3.8) is 0 Å². The maximum atomic E-state index is 12.7. The molecule has 0 N–H and O–H groups in total. The molecule has 2 aromatic rings. The molecule has 0 saturated carbocycles. The van der Waals surface area contributed by atoms with Gasteiger partial charge in [-0.15, -0.1) is 0 Å². The van der Waals surface area contributed by atoms with Crippen LogP contribution in [0.2, 0.25) is 5.02 Å². The molecule has 0 aliphatic carbocycles. The lowest BCUT2D eigenvalue weighted by atomic mass is 10.1. The molecule has 1 aromatic heterocycles. The van der Waals surface area contributed by atoms with Gasteiger partial charge in [-0.2, -0.15) is 5.10 Å². The average molecular weight is 376 g/mol. The molecule has 2 rings (SSSR count). The van der Waals surface area contributed by atoms with Gasteiger partial charge in [-0.1, -0.05) is 29.8 Å². The highest BCUT2D eigenvalue weighted by Crippen LogP contribution is 2.18. The molecule has 0 radical (unpaired) electrons. The number of halogens is 1. The van der Waals surface area contributed by atoms with Crippen molar-refractivity contribution >= 4 is 29.6 Å². The standard InChI is InChI=1S/C19H22ClN3O3/c1-13-16(14(2)22(3)21-13)9-10-18(24)23(12-19(25)26-4)11-15-7-5-6-8-17(15)20/h5-10H,11-12H2,1-4H3/b10-9+. The first-order chi connectivity index (χ1) is 12.3. The third kappa shape index (κ3) is 4.73. The fourth-order valence-corrected chi connectivity index (χ4v) is 2.75. The van der Waals surface area contributed by atoms with E-state index < -0.39 is 5.97 Å². The van der Waals surface area contributed by atoms with Crippen LogP contribution in [0, 0.1) is 13.8 Å². The minimum absolute atomic E-state index is 0.157. The van der Waals surface area contributed by atoms with E-state index in [0.717, 1.165) is 22.5 Å². The topological polar surface area (TPSA) is 64.4 Å². The second-order valence-corrected chi connectivity index (χ2v) is 6.31. The summed E-state index contributed by atoms with van der Waals surface area (Å²) in [5.74, 6) is -0.800. The molecule has 0 unspecified atom stereocenters. The molecular formula is C19H22ClN3O3. The summed E-state index contributed by atoms with van der Waals surface area (Å²) in [7, 11) is 3.14. The van der Waals surface area contributed by atoms with Gasteiger partial charge >= 0.3 is 5.97 Å². The Bertz CT molecular complexity index is 843. The second-order valence-electron chi connectivity index (χ2n) is 5.90.